The third-order valence-electron chi connectivity index (χ3n) is 5.08. The number of ketones is 1. The van der Waals surface area contributed by atoms with E-state index in [9.17, 15) is 4.79 Å². The number of hydrogen-bond donors (Lipinski definition) is 0. The van der Waals surface area contributed by atoms with E-state index in [-0.39, 0.29) is 23.0 Å². The molecule has 0 aromatic rings. The highest BCUT2D eigenvalue weighted by atomic mass is 28.4. The monoisotopic (exact) mass is 370 g/mol. The predicted octanol–water partition coefficient (Wildman–Crippen LogP) is 5.23. The lowest BCUT2D eigenvalue weighted by atomic mass is 10.1. The van der Waals surface area contributed by atoms with Gasteiger partial charge in [0.2, 0.25) is 0 Å². The van der Waals surface area contributed by atoms with Crippen molar-refractivity contribution in [3.05, 3.63) is 12.2 Å². The second-order valence-corrected chi connectivity index (χ2v) is 13.9. The van der Waals surface area contributed by atoms with E-state index in [0.717, 1.165) is 19.3 Å². The summed E-state index contributed by atoms with van der Waals surface area (Å²) < 4.78 is 17.5. The highest BCUT2D eigenvalue weighted by Crippen LogP contribution is 2.37. The Morgan fingerprint density at radius 2 is 2.00 bits per heavy atom. The normalized spacial score (nSPS) is 22.5. The van der Waals surface area contributed by atoms with Crippen LogP contribution in [-0.4, -0.2) is 38.7 Å². The van der Waals surface area contributed by atoms with Crippen molar-refractivity contribution >= 4 is 14.1 Å². The maximum Gasteiger partial charge on any atom is 0.192 e. The molecule has 5 heteroatoms. The van der Waals surface area contributed by atoms with Crippen LogP contribution in [0, 0.1) is 0 Å². The summed E-state index contributed by atoms with van der Waals surface area (Å²) >= 11 is 0. The maximum atomic E-state index is 12.0. The Kier molecular flexibility index (Phi) is 8.06. The summed E-state index contributed by atoms with van der Waals surface area (Å²) in [5, 5.41) is 0.244. The number of rotatable bonds is 9. The highest BCUT2D eigenvalue weighted by Gasteiger charge is 2.38. The van der Waals surface area contributed by atoms with Crippen molar-refractivity contribution in [3.63, 3.8) is 0 Å². The van der Waals surface area contributed by atoms with Crippen LogP contribution in [-0.2, 0) is 18.7 Å². The number of carbonyl (C=O) groups is 1. The minimum Gasteiger partial charge on any atom is -0.414 e. The molecule has 0 radical (unpaired) electrons. The first-order valence-electron chi connectivity index (χ1n) is 9.51. The molecule has 1 aliphatic heterocycles. The predicted molar refractivity (Wildman–Crippen MR) is 105 cm³/mol. The zero-order valence-corrected chi connectivity index (χ0v) is 18.5. The van der Waals surface area contributed by atoms with Gasteiger partial charge in [0.15, 0.2) is 19.9 Å². The standard InChI is InChI=1S/C20H38O4Si/c1-16(24-25(7,8)19(2,3)4)12-10-9-11-13-17(21)14-18-15-22-20(5,6)23-18/h11,13,16,18H,9-10,12,14-15H2,1-8H3/b13-11-/t16-,18-/m0/s1. The number of unbranched alkanes of at least 4 members (excludes halogenated alkanes) is 1. The van der Waals surface area contributed by atoms with Crippen molar-refractivity contribution in [2.45, 2.75) is 103 Å². The lowest BCUT2D eigenvalue weighted by Gasteiger charge is -2.38. The van der Waals surface area contributed by atoms with Crippen molar-refractivity contribution in [2.24, 2.45) is 0 Å². The third kappa shape index (κ3) is 8.16. The molecule has 1 heterocycles. The lowest BCUT2D eigenvalue weighted by molar-refractivity contribution is -0.141. The molecule has 1 saturated heterocycles. The Morgan fingerprint density at radius 1 is 1.36 bits per heavy atom. The Balaban J connectivity index is 2.22. The van der Waals surface area contributed by atoms with Crippen molar-refractivity contribution in [1.29, 1.82) is 0 Å². The number of allylic oxidation sites excluding steroid dienone is 2. The van der Waals surface area contributed by atoms with E-state index in [1.165, 1.54) is 0 Å². The molecule has 1 aliphatic rings. The van der Waals surface area contributed by atoms with E-state index >= 15 is 0 Å². The molecule has 146 valence electrons. The minimum atomic E-state index is -1.69. The van der Waals surface area contributed by atoms with E-state index in [0.29, 0.717) is 13.0 Å². The Labute approximate surface area is 155 Å². The first-order chi connectivity index (χ1) is 11.3. The quantitative estimate of drug-likeness (QED) is 0.316. The molecular weight excluding hydrogens is 332 g/mol. The molecule has 0 bridgehead atoms. The van der Waals surface area contributed by atoms with Crippen LogP contribution >= 0.6 is 0 Å². The molecule has 1 rings (SSSR count). The van der Waals surface area contributed by atoms with Gasteiger partial charge in [-0.25, -0.2) is 0 Å². The van der Waals surface area contributed by atoms with E-state index < -0.39 is 14.1 Å². The summed E-state index contributed by atoms with van der Waals surface area (Å²) in [4.78, 5) is 12.0. The molecule has 0 unspecified atom stereocenters. The van der Waals surface area contributed by atoms with Crippen LogP contribution in [0.5, 0.6) is 0 Å². The van der Waals surface area contributed by atoms with Crippen LogP contribution in [0.15, 0.2) is 12.2 Å². The molecule has 4 nitrogen and oxygen atoms in total. The van der Waals surface area contributed by atoms with Gasteiger partial charge in [-0.2, -0.15) is 0 Å². The average Bonchev–Trinajstić information content (AvgIpc) is 2.75. The van der Waals surface area contributed by atoms with E-state index in [2.05, 4.69) is 40.8 Å². The fraction of sp³-hybridized carbons (Fsp3) is 0.850. The first-order valence-corrected chi connectivity index (χ1v) is 12.4. The van der Waals surface area contributed by atoms with Gasteiger partial charge in [-0.1, -0.05) is 26.8 Å². The summed E-state index contributed by atoms with van der Waals surface area (Å²) in [5.74, 6) is -0.452. The fourth-order valence-electron chi connectivity index (χ4n) is 2.63. The van der Waals surface area contributed by atoms with Crippen molar-refractivity contribution in [1.82, 2.24) is 0 Å². The Hall–Kier alpha value is -0.493. The smallest absolute Gasteiger partial charge is 0.192 e. The fourth-order valence-corrected chi connectivity index (χ4v) is 4.11. The number of carbonyl (C=O) groups excluding carboxylic acids is 1. The molecule has 25 heavy (non-hydrogen) atoms. The third-order valence-corrected chi connectivity index (χ3v) is 9.69. The van der Waals surface area contributed by atoms with Gasteiger partial charge >= 0.3 is 0 Å². The average molecular weight is 371 g/mol. The highest BCUT2D eigenvalue weighted by molar-refractivity contribution is 6.74. The molecular formula is C20H38O4Si. The molecule has 1 fully saturated rings. The van der Waals surface area contributed by atoms with Gasteiger partial charge in [-0.05, 0) is 64.2 Å². The summed E-state index contributed by atoms with van der Waals surface area (Å²) in [6, 6.07) is 0. The van der Waals surface area contributed by atoms with Crippen molar-refractivity contribution < 1.29 is 18.7 Å². The molecule has 0 amide bonds. The van der Waals surface area contributed by atoms with Crippen LogP contribution in [0.3, 0.4) is 0 Å². The van der Waals surface area contributed by atoms with Gasteiger partial charge in [0.05, 0.1) is 12.7 Å². The molecule has 0 aromatic heterocycles. The minimum absolute atomic E-state index is 0.108. The molecule has 0 aromatic carbocycles. The summed E-state index contributed by atoms with van der Waals surface area (Å²) in [7, 11) is -1.69. The van der Waals surface area contributed by atoms with Gasteiger partial charge in [0, 0.05) is 12.5 Å². The molecule has 0 spiro atoms. The molecule has 0 saturated carbocycles. The van der Waals surface area contributed by atoms with Crippen LogP contribution in [0.4, 0.5) is 0 Å². The lowest BCUT2D eigenvalue weighted by Crippen LogP contribution is -2.43. The topological polar surface area (TPSA) is 44.8 Å². The summed E-state index contributed by atoms with van der Waals surface area (Å²) in [6.07, 6.45) is 7.18. The second-order valence-electron chi connectivity index (χ2n) is 9.14. The summed E-state index contributed by atoms with van der Waals surface area (Å²) in [5.41, 5.74) is 0. The zero-order chi connectivity index (χ0) is 19.3. The van der Waals surface area contributed by atoms with Crippen LogP contribution < -0.4 is 0 Å². The van der Waals surface area contributed by atoms with E-state index in [1.54, 1.807) is 6.08 Å². The van der Waals surface area contributed by atoms with Gasteiger partial charge < -0.3 is 13.9 Å². The van der Waals surface area contributed by atoms with Crippen molar-refractivity contribution in [3.8, 4) is 0 Å². The van der Waals surface area contributed by atoms with Gasteiger partial charge in [-0.3, -0.25) is 4.79 Å². The van der Waals surface area contributed by atoms with Crippen molar-refractivity contribution in [2.75, 3.05) is 6.61 Å². The molecule has 0 aliphatic carbocycles. The summed E-state index contributed by atoms with van der Waals surface area (Å²) in [6.45, 7) is 17.8. The van der Waals surface area contributed by atoms with E-state index in [4.69, 9.17) is 13.9 Å². The Bertz CT molecular complexity index is 463. The van der Waals surface area contributed by atoms with Crippen LogP contribution in [0.25, 0.3) is 0 Å². The number of hydrogen-bond acceptors (Lipinski definition) is 4. The van der Waals surface area contributed by atoms with E-state index in [1.807, 2.05) is 19.9 Å². The van der Waals surface area contributed by atoms with Gasteiger partial charge in [0.1, 0.15) is 0 Å². The Morgan fingerprint density at radius 3 is 2.52 bits per heavy atom. The molecule has 0 N–H and O–H groups in total. The van der Waals surface area contributed by atoms with Gasteiger partial charge in [0.25, 0.3) is 0 Å². The second kappa shape index (κ2) is 8.93. The maximum absolute atomic E-state index is 12.0. The largest absolute Gasteiger partial charge is 0.414 e. The van der Waals surface area contributed by atoms with Gasteiger partial charge in [-0.15, -0.1) is 0 Å². The molecule has 2 atom stereocenters. The van der Waals surface area contributed by atoms with Crippen LogP contribution in [0.1, 0.15) is 67.2 Å². The first kappa shape index (κ1) is 22.5. The SMILES string of the molecule is C[C@@H](CCC/C=C\C(=O)C[C@H]1COC(C)(C)O1)O[Si](C)(C)C(C)(C)C. The van der Waals surface area contributed by atoms with Crippen LogP contribution in [0.2, 0.25) is 18.1 Å². The zero-order valence-electron chi connectivity index (χ0n) is 17.5. The number of ether oxygens (including phenoxy) is 2.